The van der Waals surface area contributed by atoms with E-state index in [1.807, 2.05) is 16.7 Å². The molecule has 3 fully saturated rings. The summed E-state index contributed by atoms with van der Waals surface area (Å²) in [5.41, 5.74) is 0.730. The maximum absolute atomic E-state index is 12.8. The van der Waals surface area contributed by atoms with Crippen LogP contribution in [0.25, 0.3) is 0 Å². The Morgan fingerprint density at radius 3 is 2.71 bits per heavy atom. The number of morpholine rings is 1. The minimum absolute atomic E-state index is 0.0500. The third-order valence-corrected chi connectivity index (χ3v) is 7.97. The van der Waals surface area contributed by atoms with Gasteiger partial charge in [0.15, 0.2) is 9.84 Å². The predicted molar refractivity (Wildman–Crippen MR) is 114 cm³/mol. The molecule has 4 heterocycles. The zero-order chi connectivity index (χ0) is 22.0. The normalized spacial score (nSPS) is 26.7. The van der Waals surface area contributed by atoms with Gasteiger partial charge >= 0.3 is 0 Å². The number of nitrogens with one attached hydrogen (secondary N) is 1. The number of carbonyl (C=O) groups is 2. The van der Waals surface area contributed by atoms with Crippen LogP contribution in [-0.4, -0.2) is 97.3 Å². The molecule has 0 bridgehead atoms. The van der Waals surface area contributed by atoms with E-state index in [4.69, 9.17) is 4.74 Å². The zero-order valence-corrected chi connectivity index (χ0v) is 18.8. The Balaban J connectivity index is 1.34. The molecule has 2 amide bonds. The van der Waals surface area contributed by atoms with Crippen LogP contribution in [0.4, 0.5) is 5.82 Å². The van der Waals surface area contributed by atoms with Gasteiger partial charge in [0.05, 0.1) is 48.9 Å². The minimum atomic E-state index is -3.05. The quantitative estimate of drug-likeness (QED) is 0.671. The largest absolute Gasteiger partial charge is 0.378 e. The van der Waals surface area contributed by atoms with Crippen molar-refractivity contribution in [1.82, 2.24) is 19.6 Å². The van der Waals surface area contributed by atoms with Crippen LogP contribution in [-0.2, 0) is 24.2 Å². The van der Waals surface area contributed by atoms with Gasteiger partial charge < -0.3 is 15.0 Å². The topological polar surface area (TPSA) is 114 Å². The number of hydrogen-bond donors (Lipinski definition) is 1. The van der Waals surface area contributed by atoms with Gasteiger partial charge in [0.2, 0.25) is 11.8 Å². The Morgan fingerprint density at radius 2 is 2.00 bits per heavy atom. The Kier molecular flexibility index (Phi) is 6.63. The first-order valence-electron chi connectivity index (χ1n) is 11.0. The van der Waals surface area contributed by atoms with Gasteiger partial charge in [-0.05, 0) is 32.7 Å². The first-order chi connectivity index (χ1) is 14.8. The number of aromatic nitrogens is 2. The first kappa shape index (κ1) is 22.2. The van der Waals surface area contributed by atoms with Crippen LogP contribution in [0.3, 0.4) is 0 Å². The molecule has 0 radical (unpaired) electrons. The summed E-state index contributed by atoms with van der Waals surface area (Å²) in [7, 11) is -3.05. The van der Waals surface area contributed by atoms with E-state index in [1.54, 1.807) is 10.7 Å². The van der Waals surface area contributed by atoms with Gasteiger partial charge in [0.25, 0.3) is 0 Å². The molecule has 1 aromatic heterocycles. The van der Waals surface area contributed by atoms with Crippen LogP contribution in [0.5, 0.6) is 0 Å². The van der Waals surface area contributed by atoms with Gasteiger partial charge in [-0.3, -0.25) is 14.5 Å². The third-order valence-electron chi connectivity index (χ3n) is 6.22. The molecule has 172 valence electrons. The molecule has 1 N–H and O–H groups in total. The van der Waals surface area contributed by atoms with Crippen molar-refractivity contribution in [3.63, 3.8) is 0 Å². The SMILES string of the molecule is Cc1cc(NC(=O)CN2CCCC(C(=O)N3CCOCC3)C2)n(C2CCS(=O)(=O)C2)n1. The van der Waals surface area contributed by atoms with Crippen molar-refractivity contribution in [2.45, 2.75) is 32.2 Å². The Labute approximate surface area is 182 Å². The number of carbonyl (C=O) groups excluding carboxylic acids is 2. The van der Waals surface area contributed by atoms with Gasteiger partial charge in [-0.15, -0.1) is 0 Å². The van der Waals surface area contributed by atoms with Gasteiger partial charge in [-0.1, -0.05) is 0 Å². The summed E-state index contributed by atoms with van der Waals surface area (Å²) >= 11 is 0. The summed E-state index contributed by atoms with van der Waals surface area (Å²) in [5.74, 6) is 0.620. The number of aryl methyl sites for hydroxylation is 1. The standard InChI is InChI=1S/C20H31N5O5S/c1-15-11-18(25(22-15)17-4-10-31(28,29)14-17)21-19(26)13-23-5-2-3-16(12-23)20(27)24-6-8-30-9-7-24/h11,16-17H,2-10,12-14H2,1H3,(H,21,26). The Hall–Kier alpha value is -1.98. The highest BCUT2D eigenvalue weighted by Crippen LogP contribution is 2.27. The number of sulfone groups is 1. The monoisotopic (exact) mass is 453 g/mol. The number of ether oxygens (including phenoxy) is 1. The van der Waals surface area contributed by atoms with E-state index in [0.29, 0.717) is 45.1 Å². The van der Waals surface area contributed by atoms with E-state index in [0.717, 1.165) is 25.1 Å². The fraction of sp³-hybridized carbons (Fsp3) is 0.750. The van der Waals surface area contributed by atoms with Crippen molar-refractivity contribution in [2.24, 2.45) is 5.92 Å². The molecule has 0 aliphatic carbocycles. The molecule has 11 heteroatoms. The van der Waals surface area contributed by atoms with Crippen LogP contribution in [0, 0.1) is 12.8 Å². The van der Waals surface area contributed by atoms with Gasteiger partial charge in [0, 0.05) is 25.7 Å². The number of hydrogen-bond acceptors (Lipinski definition) is 7. The lowest BCUT2D eigenvalue weighted by atomic mass is 9.96. The second-order valence-electron chi connectivity index (χ2n) is 8.73. The highest BCUT2D eigenvalue weighted by molar-refractivity contribution is 7.91. The molecule has 2 unspecified atom stereocenters. The molecule has 31 heavy (non-hydrogen) atoms. The molecule has 2 atom stereocenters. The molecule has 3 aliphatic rings. The highest BCUT2D eigenvalue weighted by atomic mass is 32.2. The first-order valence-corrected chi connectivity index (χ1v) is 12.8. The van der Waals surface area contributed by atoms with E-state index in [-0.39, 0.29) is 41.8 Å². The molecule has 3 aliphatic heterocycles. The lowest BCUT2D eigenvalue weighted by molar-refractivity contribution is -0.141. The van der Waals surface area contributed by atoms with E-state index in [2.05, 4.69) is 10.4 Å². The van der Waals surface area contributed by atoms with Crippen LogP contribution in [0.2, 0.25) is 0 Å². The number of nitrogens with zero attached hydrogens (tertiary/aromatic N) is 4. The number of likely N-dealkylation sites (tertiary alicyclic amines) is 1. The summed E-state index contributed by atoms with van der Waals surface area (Å²) in [4.78, 5) is 29.4. The van der Waals surface area contributed by atoms with Crippen LogP contribution >= 0.6 is 0 Å². The van der Waals surface area contributed by atoms with Gasteiger partial charge in [-0.2, -0.15) is 5.10 Å². The molecule has 10 nitrogen and oxygen atoms in total. The minimum Gasteiger partial charge on any atom is -0.378 e. The second kappa shape index (κ2) is 9.25. The van der Waals surface area contributed by atoms with E-state index >= 15 is 0 Å². The number of rotatable bonds is 5. The number of amides is 2. The average molecular weight is 454 g/mol. The molecule has 0 aromatic carbocycles. The van der Waals surface area contributed by atoms with Crippen molar-refractivity contribution in [3.05, 3.63) is 11.8 Å². The van der Waals surface area contributed by atoms with Crippen molar-refractivity contribution in [3.8, 4) is 0 Å². The predicted octanol–water partition coefficient (Wildman–Crippen LogP) is 0.0604. The Bertz CT molecular complexity index is 924. The zero-order valence-electron chi connectivity index (χ0n) is 18.0. The van der Waals surface area contributed by atoms with Gasteiger partial charge in [0.1, 0.15) is 5.82 Å². The van der Waals surface area contributed by atoms with Gasteiger partial charge in [-0.25, -0.2) is 13.1 Å². The van der Waals surface area contributed by atoms with E-state index in [9.17, 15) is 18.0 Å². The summed E-state index contributed by atoms with van der Waals surface area (Å²) < 4.78 is 30.7. The lowest BCUT2D eigenvalue weighted by Crippen LogP contribution is -2.49. The molecule has 1 aromatic rings. The third kappa shape index (κ3) is 5.45. The Morgan fingerprint density at radius 1 is 1.23 bits per heavy atom. The molecule has 3 saturated heterocycles. The summed E-state index contributed by atoms with van der Waals surface area (Å²) in [6.45, 7) is 5.80. The van der Waals surface area contributed by atoms with Crippen LogP contribution < -0.4 is 5.32 Å². The highest BCUT2D eigenvalue weighted by Gasteiger charge is 2.33. The van der Waals surface area contributed by atoms with Crippen molar-refractivity contribution >= 4 is 27.5 Å². The summed E-state index contributed by atoms with van der Waals surface area (Å²) in [6.07, 6.45) is 2.23. The molecule has 4 rings (SSSR count). The summed E-state index contributed by atoms with van der Waals surface area (Å²) in [6, 6.07) is 1.52. The fourth-order valence-corrected chi connectivity index (χ4v) is 6.38. The lowest BCUT2D eigenvalue weighted by Gasteiger charge is -2.35. The smallest absolute Gasteiger partial charge is 0.239 e. The van der Waals surface area contributed by atoms with Crippen LogP contribution in [0.15, 0.2) is 6.07 Å². The number of anilines is 1. The molecule has 0 spiro atoms. The molecular formula is C20H31N5O5S. The average Bonchev–Trinajstić information content (AvgIpc) is 3.29. The summed E-state index contributed by atoms with van der Waals surface area (Å²) in [5, 5.41) is 7.31. The van der Waals surface area contributed by atoms with E-state index in [1.165, 1.54) is 0 Å². The van der Waals surface area contributed by atoms with E-state index < -0.39 is 9.84 Å². The molecular weight excluding hydrogens is 422 g/mol. The fourth-order valence-electron chi connectivity index (χ4n) is 4.68. The van der Waals surface area contributed by atoms with Crippen LogP contribution in [0.1, 0.15) is 31.0 Å². The maximum atomic E-state index is 12.8. The second-order valence-corrected chi connectivity index (χ2v) is 11.0. The number of piperidine rings is 1. The maximum Gasteiger partial charge on any atom is 0.239 e. The molecule has 0 saturated carbocycles. The van der Waals surface area contributed by atoms with Crippen molar-refractivity contribution < 1.29 is 22.7 Å². The van der Waals surface area contributed by atoms with Crippen molar-refractivity contribution in [1.29, 1.82) is 0 Å². The van der Waals surface area contributed by atoms with Crippen molar-refractivity contribution in [2.75, 3.05) is 62.8 Å².